The number of hydrogen-bond acceptors (Lipinski definition) is 6. The van der Waals surface area contributed by atoms with Crippen LogP contribution in [0.25, 0.3) is 0 Å². The van der Waals surface area contributed by atoms with Gasteiger partial charge in [0.1, 0.15) is 22.2 Å². The van der Waals surface area contributed by atoms with Gasteiger partial charge in [-0.25, -0.2) is 20.8 Å². The third kappa shape index (κ3) is 3.55. The Morgan fingerprint density at radius 3 is 2.47 bits per heavy atom. The second-order valence-electron chi connectivity index (χ2n) is 3.37. The van der Waals surface area contributed by atoms with Crippen molar-refractivity contribution in [3.63, 3.8) is 0 Å². The zero-order valence-electron chi connectivity index (χ0n) is 9.35. The van der Waals surface area contributed by atoms with Gasteiger partial charge in [-0.1, -0.05) is 0 Å². The molecule has 100 valence electrons. The van der Waals surface area contributed by atoms with Crippen LogP contribution in [-0.2, 0) is 6.18 Å². The molecule has 0 fully saturated rings. The number of halogens is 3. The Balaban J connectivity index is 2.15. The first-order valence-corrected chi connectivity index (χ1v) is 5.80. The summed E-state index contributed by atoms with van der Waals surface area (Å²) in [6.45, 7) is 0. The fourth-order valence-electron chi connectivity index (χ4n) is 1.19. The summed E-state index contributed by atoms with van der Waals surface area (Å²) in [4.78, 5) is 11.5. The highest BCUT2D eigenvalue weighted by Crippen LogP contribution is 2.31. The van der Waals surface area contributed by atoms with Crippen LogP contribution in [-0.4, -0.2) is 15.0 Å². The molecule has 5 nitrogen and oxygen atoms in total. The van der Waals surface area contributed by atoms with Gasteiger partial charge in [0.25, 0.3) is 0 Å². The summed E-state index contributed by atoms with van der Waals surface area (Å²) in [5, 5.41) is 0.921. The van der Waals surface area contributed by atoms with E-state index < -0.39 is 11.7 Å². The van der Waals surface area contributed by atoms with Crippen LogP contribution in [0.1, 0.15) is 5.56 Å². The molecule has 3 N–H and O–H groups in total. The second kappa shape index (κ2) is 5.41. The third-order valence-corrected chi connectivity index (χ3v) is 2.95. The smallest absolute Gasteiger partial charge is 0.308 e. The summed E-state index contributed by atoms with van der Waals surface area (Å²) in [5.74, 6) is 5.60. The van der Waals surface area contributed by atoms with E-state index in [9.17, 15) is 13.2 Å². The van der Waals surface area contributed by atoms with Crippen molar-refractivity contribution in [3.05, 3.63) is 36.3 Å². The van der Waals surface area contributed by atoms with Gasteiger partial charge in [0.05, 0.1) is 5.56 Å². The van der Waals surface area contributed by atoms with Crippen LogP contribution < -0.4 is 11.3 Å². The standard InChI is InChI=1S/C10H8F3N5S/c11-10(12,13)6-1-2-8(15-4-6)19-9-3-7(18-14)16-5-17-9/h1-5H,14H2,(H,16,17,18). The van der Waals surface area contributed by atoms with Gasteiger partial charge in [-0.15, -0.1) is 0 Å². The van der Waals surface area contributed by atoms with E-state index in [2.05, 4.69) is 20.4 Å². The van der Waals surface area contributed by atoms with Crippen molar-refractivity contribution >= 4 is 17.6 Å². The molecule has 0 aliphatic carbocycles. The van der Waals surface area contributed by atoms with E-state index in [1.54, 1.807) is 6.07 Å². The number of aromatic nitrogens is 3. The number of hydrazine groups is 1. The van der Waals surface area contributed by atoms with Crippen LogP contribution in [0.2, 0.25) is 0 Å². The molecule has 19 heavy (non-hydrogen) atoms. The van der Waals surface area contributed by atoms with E-state index >= 15 is 0 Å². The van der Waals surface area contributed by atoms with Crippen molar-refractivity contribution in [2.45, 2.75) is 16.2 Å². The Hall–Kier alpha value is -1.87. The molecule has 9 heteroatoms. The molecule has 0 saturated carbocycles. The zero-order chi connectivity index (χ0) is 13.9. The van der Waals surface area contributed by atoms with E-state index in [1.807, 2.05) is 0 Å². The van der Waals surface area contributed by atoms with Crippen molar-refractivity contribution in [2.75, 3.05) is 5.43 Å². The maximum atomic E-state index is 12.4. The molecule has 0 aromatic carbocycles. The van der Waals surface area contributed by atoms with E-state index in [1.165, 1.54) is 12.4 Å². The fraction of sp³-hybridized carbons (Fsp3) is 0.100. The highest BCUT2D eigenvalue weighted by molar-refractivity contribution is 7.99. The summed E-state index contributed by atoms with van der Waals surface area (Å²) < 4.78 is 37.1. The SMILES string of the molecule is NNc1cc(Sc2ccc(C(F)(F)F)cn2)ncn1. The molecule has 0 saturated heterocycles. The number of nitrogens with zero attached hydrogens (tertiary/aromatic N) is 3. The Morgan fingerprint density at radius 2 is 1.89 bits per heavy atom. The fourth-order valence-corrected chi connectivity index (χ4v) is 1.92. The molecule has 2 aromatic heterocycles. The highest BCUT2D eigenvalue weighted by atomic mass is 32.2. The number of anilines is 1. The molecule has 0 aliphatic rings. The minimum Gasteiger partial charge on any atom is -0.308 e. The molecule has 2 rings (SSSR count). The Labute approximate surface area is 110 Å². The van der Waals surface area contributed by atoms with E-state index in [4.69, 9.17) is 5.84 Å². The lowest BCUT2D eigenvalue weighted by molar-refractivity contribution is -0.137. The summed E-state index contributed by atoms with van der Waals surface area (Å²) in [6, 6.07) is 3.81. The quantitative estimate of drug-likeness (QED) is 0.512. The van der Waals surface area contributed by atoms with Crippen molar-refractivity contribution in [3.8, 4) is 0 Å². The first kappa shape index (κ1) is 13.6. The number of rotatable bonds is 3. The van der Waals surface area contributed by atoms with Crippen LogP contribution in [0, 0.1) is 0 Å². The lowest BCUT2D eigenvalue weighted by atomic mass is 10.3. The molecule has 2 aromatic rings. The molecule has 0 amide bonds. The molecule has 0 spiro atoms. The normalized spacial score (nSPS) is 11.4. The predicted molar refractivity (Wildman–Crippen MR) is 63.2 cm³/mol. The Bertz CT molecular complexity index is 558. The maximum absolute atomic E-state index is 12.4. The highest BCUT2D eigenvalue weighted by Gasteiger charge is 2.30. The topological polar surface area (TPSA) is 76.7 Å². The largest absolute Gasteiger partial charge is 0.417 e. The summed E-state index contributed by atoms with van der Waals surface area (Å²) in [6.07, 6.45) is -2.31. The molecule has 0 unspecified atom stereocenters. The molecule has 0 bridgehead atoms. The minimum atomic E-state index is -4.39. The average Bonchev–Trinajstić information content (AvgIpc) is 2.38. The van der Waals surface area contributed by atoms with Crippen LogP contribution in [0.4, 0.5) is 19.0 Å². The number of nitrogens with two attached hydrogens (primary N) is 1. The van der Waals surface area contributed by atoms with Gasteiger partial charge in [0.15, 0.2) is 0 Å². The summed E-state index contributed by atoms with van der Waals surface area (Å²) in [5.41, 5.74) is 1.56. The first-order chi connectivity index (χ1) is 8.99. The van der Waals surface area contributed by atoms with Crippen molar-refractivity contribution in [1.29, 1.82) is 0 Å². The van der Waals surface area contributed by atoms with Crippen molar-refractivity contribution < 1.29 is 13.2 Å². The lowest BCUT2D eigenvalue weighted by Gasteiger charge is -2.06. The monoisotopic (exact) mass is 287 g/mol. The predicted octanol–water partition coefficient (Wildman–Crippen LogP) is 2.33. The number of pyridine rings is 1. The molecule has 2 heterocycles. The molecular formula is C10H8F3N5S. The third-order valence-electron chi connectivity index (χ3n) is 2.06. The molecule has 0 radical (unpaired) electrons. The van der Waals surface area contributed by atoms with Gasteiger partial charge < -0.3 is 5.43 Å². The number of nitrogens with one attached hydrogen (secondary N) is 1. The van der Waals surface area contributed by atoms with E-state index in [0.717, 1.165) is 24.0 Å². The van der Waals surface area contributed by atoms with Crippen molar-refractivity contribution in [2.24, 2.45) is 5.84 Å². The Kier molecular flexibility index (Phi) is 3.86. The van der Waals surface area contributed by atoms with Crippen LogP contribution in [0.3, 0.4) is 0 Å². The maximum Gasteiger partial charge on any atom is 0.417 e. The van der Waals surface area contributed by atoms with Gasteiger partial charge >= 0.3 is 6.18 Å². The first-order valence-electron chi connectivity index (χ1n) is 4.99. The number of alkyl halides is 3. The number of nitrogen functional groups attached to an aromatic ring is 1. The van der Waals surface area contributed by atoms with Crippen LogP contribution in [0.15, 0.2) is 40.8 Å². The van der Waals surface area contributed by atoms with Crippen LogP contribution >= 0.6 is 11.8 Å². The van der Waals surface area contributed by atoms with Crippen molar-refractivity contribution in [1.82, 2.24) is 15.0 Å². The van der Waals surface area contributed by atoms with E-state index in [-0.39, 0.29) is 0 Å². The second-order valence-corrected chi connectivity index (χ2v) is 4.41. The summed E-state index contributed by atoms with van der Waals surface area (Å²) in [7, 11) is 0. The summed E-state index contributed by atoms with van der Waals surface area (Å²) >= 11 is 1.11. The number of hydrogen-bond donors (Lipinski definition) is 2. The minimum absolute atomic E-state index is 0.398. The molecular weight excluding hydrogens is 279 g/mol. The van der Waals surface area contributed by atoms with E-state index in [0.29, 0.717) is 15.9 Å². The van der Waals surface area contributed by atoms with Gasteiger partial charge in [-0.05, 0) is 23.9 Å². The molecule has 0 aliphatic heterocycles. The molecule has 0 atom stereocenters. The zero-order valence-corrected chi connectivity index (χ0v) is 10.2. The Morgan fingerprint density at radius 1 is 1.11 bits per heavy atom. The average molecular weight is 287 g/mol. The van der Waals surface area contributed by atoms with Gasteiger partial charge in [-0.2, -0.15) is 13.2 Å². The van der Waals surface area contributed by atoms with Crippen LogP contribution in [0.5, 0.6) is 0 Å². The van der Waals surface area contributed by atoms with Gasteiger partial charge in [-0.3, -0.25) is 0 Å². The van der Waals surface area contributed by atoms with Gasteiger partial charge in [0.2, 0.25) is 0 Å². The van der Waals surface area contributed by atoms with Gasteiger partial charge in [0, 0.05) is 12.3 Å². The lowest BCUT2D eigenvalue weighted by Crippen LogP contribution is -2.08.